The third kappa shape index (κ3) is 3.45. The molecule has 1 aliphatic rings. The number of hydrogen-bond acceptors (Lipinski definition) is 6. The highest BCUT2D eigenvalue weighted by molar-refractivity contribution is 5.43. The van der Waals surface area contributed by atoms with Crippen molar-refractivity contribution in [2.45, 2.75) is 39.7 Å². The smallest absolute Gasteiger partial charge is 0.231 e. The van der Waals surface area contributed by atoms with E-state index in [9.17, 15) is 0 Å². The van der Waals surface area contributed by atoms with Gasteiger partial charge in [-0.2, -0.15) is 15.0 Å². The SMILES string of the molecule is CCN(CC)c1nc(NC)nc(NC(C)C2CC2)n1. The standard InChI is InChI=1S/C13H24N6/c1-5-19(6-2)13-17-11(14-4)16-12(18-13)15-9(3)10-7-8-10/h9-10H,5-8H2,1-4H3,(H2,14,15,16,17,18). The molecule has 1 aliphatic carbocycles. The summed E-state index contributed by atoms with van der Waals surface area (Å²) in [6, 6.07) is 0.427. The van der Waals surface area contributed by atoms with Crippen molar-refractivity contribution in [2.75, 3.05) is 35.7 Å². The Morgan fingerprint density at radius 1 is 1.16 bits per heavy atom. The van der Waals surface area contributed by atoms with Crippen molar-refractivity contribution in [3.05, 3.63) is 0 Å². The van der Waals surface area contributed by atoms with Crippen LogP contribution in [0, 0.1) is 5.92 Å². The fourth-order valence-corrected chi connectivity index (χ4v) is 2.11. The zero-order chi connectivity index (χ0) is 13.8. The van der Waals surface area contributed by atoms with E-state index in [0.29, 0.717) is 17.9 Å². The number of nitrogens with one attached hydrogen (secondary N) is 2. The molecule has 0 amide bonds. The zero-order valence-corrected chi connectivity index (χ0v) is 12.3. The van der Waals surface area contributed by atoms with Crippen LogP contribution in [0.5, 0.6) is 0 Å². The first-order chi connectivity index (χ1) is 9.17. The maximum absolute atomic E-state index is 4.53. The maximum Gasteiger partial charge on any atom is 0.231 e. The van der Waals surface area contributed by atoms with Crippen LogP contribution in [-0.4, -0.2) is 41.1 Å². The van der Waals surface area contributed by atoms with Gasteiger partial charge in [-0.25, -0.2) is 0 Å². The Morgan fingerprint density at radius 3 is 2.32 bits per heavy atom. The van der Waals surface area contributed by atoms with E-state index < -0.39 is 0 Å². The number of anilines is 3. The van der Waals surface area contributed by atoms with Crippen LogP contribution >= 0.6 is 0 Å². The predicted octanol–water partition coefficient (Wildman–Crippen LogP) is 1.97. The Balaban J connectivity index is 2.18. The van der Waals surface area contributed by atoms with Crippen LogP contribution in [-0.2, 0) is 0 Å². The minimum atomic E-state index is 0.427. The lowest BCUT2D eigenvalue weighted by Crippen LogP contribution is -2.26. The Morgan fingerprint density at radius 2 is 1.79 bits per heavy atom. The molecule has 0 bridgehead atoms. The van der Waals surface area contributed by atoms with Gasteiger partial charge in [0.1, 0.15) is 0 Å². The highest BCUT2D eigenvalue weighted by atomic mass is 15.3. The fraction of sp³-hybridized carbons (Fsp3) is 0.769. The minimum Gasteiger partial charge on any atom is -0.357 e. The molecule has 1 fully saturated rings. The first-order valence-corrected chi connectivity index (χ1v) is 7.13. The lowest BCUT2D eigenvalue weighted by atomic mass is 10.2. The predicted molar refractivity (Wildman–Crippen MR) is 78.7 cm³/mol. The molecule has 1 unspecified atom stereocenters. The molecule has 106 valence electrons. The van der Waals surface area contributed by atoms with E-state index in [1.54, 1.807) is 0 Å². The topological polar surface area (TPSA) is 66.0 Å². The van der Waals surface area contributed by atoms with Gasteiger partial charge in [-0.05, 0) is 39.5 Å². The van der Waals surface area contributed by atoms with E-state index in [1.165, 1.54) is 12.8 Å². The second-order valence-electron chi connectivity index (χ2n) is 4.98. The van der Waals surface area contributed by atoms with Gasteiger partial charge in [-0.15, -0.1) is 0 Å². The average molecular weight is 264 g/mol. The highest BCUT2D eigenvalue weighted by Crippen LogP contribution is 2.33. The molecule has 2 N–H and O–H groups in total. The van der Waals surface area contributed by atoms with Gasteiger partial charge in [-0.3, -0.25) is 0 Å². The third-order valence-electron chi connectivity index (χ3n) is 3.58. The molecule has 1 saturated carbocycles. The monoisotopic (exact) mass is 264 g/mol. The van der Waals surface area contributed by atoms with E-state index in [4.69, 9.17) is 0 Å². The molecule has 2 rings (SSSR count). The van der Waals surface area contributed by atoms with Crippen molar-refractivity contribution in [3.8, 4) is 0 Å². The second-order valence-corrected chi connectivity index (χ2v) is 4.98. The van der Waals surface area contributed by atoms with Crippen molar-refractivity contribution in [3.63, 3.8) is 0 Å². The van der Waals surface area contributed by atoms with E-state index in [1.807, 2.05) is 7.05 Å². The average Bonchev–Trinajstić information content (AvgIpc) is 3.24. The molecule has 0 spiro atoms. The molecule has 1 heterocycles. The third-order valence-corrected chi connectivity index (χ3v) is 3.58. The molecular weight excluding hydrogens is 240 g/mol. The van der Waals surface area contributed by atoms with Gasteiger partial charge in [0.25, 0.3) is 0 Å². The van der Waals surface area contributed by atoms with Gasteiger partial charge in [0.05, 0.1) is 0 Å². The van der Waals surface area contributed by atoms with Crippen LogP contribution in [0.4, 0.5) is 17.8 Å². The molecule has 0 aliphatic heterocycles. The molecule has 1 atom stereocenters. The number of hydrogen-bond donors (Lipinski definition) is 2. The summed E-state index contributed by atoms with van der Waals surface area (Å²) in [5.41, 5.74) is 0. The van der Waals surface area contributed by atoms with Gasteiger partial charge in [0.2, 0.25) is 17.8 Å². The van der Waals surface area contributed by atoms with Crippen LogP contribution in [0.15, 0.2) is 0 Å². The second kappa shape index (κ2) is 6.04. The minimum absolute atomic E-state index is 0.427. The van der Waals surface area contributed by atoms with Crippen LogP contribution < -0.4 is 15.5 Å². The summed E-state index contributed by atoms with van der Waals surface area (Å²) in [5.74, 6) is 2.78. The maximum atomic E-state index is 4.53. The Labute approximate surface area is 115 Å². The molecule has 1 aromatic rings. The first kappa shape index (κ1) is 13.8. The molecule has 19 heavy (non-hydrogen) atoms. The van der Waals surface area contributed by atoms with E-state index in [2.05, 4.69) is 51.3 Å². The number of rotatable bonds is 7. The van der Waals surface area contributed by atoms with Crippen molar-refractivity contribution in [2.24, 2.45) is 5.92 Å². The lowest BCUT2D eigenvalue weighted by molar-refractivity contribution is 0.684. The lowest BCUT2D eigenvalue weighted by Gasteiger charge is -2.20. The molecule has 0 aromatic carbocycles. The Bertz CT molecular complexity index is 414. The molecule has 0 saturated heterocycles. The number of nitrogens with zero attached hydrogens (tertiary/aromatic N) is 4. The van der Waals surface area contributed by atoms with E-state index in [-0.39, 0.29) is 0 Å². The molecule has 0 radical (unpaired) electrons. The quantitative estimate of drug-likeness (QED) is 0.785. The fourth-order valence-electron chi connectivity index (χ4n) is 2.11. The summed E-state index contributed by atoms with van der Waals surface area (Å²) >= 11 is 0. The summed E-state index contributed by atoms with van der Waals surface area (Å²) in [6.07, 6.45) is 2.61. The number of aromatic nitrogens is 3. The van der Waals surface area contributed by atoms with Crippen molar-refractivity contribution in [1.82, 2.24) is 15.0 Å². The summed E-state index contributed by atoms with van der Waals surface area (Å²) in [6.45, 7) is 8.18. The summed E-state index contributed by atoms with van der Waals surface area (Å²) in [4.78, 5) is 15.4. The molecule has 6 heteroatoms. The first-order valence-electron chi connectivity index (χ1n) is 7.13. The molecule has 1 aromatic heterocycles. The van der Waals surface area contributed by atoms with Crippen molar-refractivity contribution in [1.29, 1.82) is 0 Å². The van der Waals surface area contributed by atoms with Crippen molar-refractivity contribution >= 4 is 17.8 Å². The van der Waals surface area contributed by atoms with Crippen molar-refractivity contribution < 1.29 is 0 Å². The normalized spacial score (nSPS) is 16.0. The van der Waals surface area contributed by atoms with E-state index >= 15 is 0 Å². The summed E-state index contributed by atoms with van der Waals surface area (Å²) < 4.78 is 0. The largest absolute Gasteiger partial charge is 0.357 e. The van der Waals surface area contributed by atoms with Gasteiger partial charge in [-0.1, -0.05) is 0 Å². The molecular formula is C13H24N6. The Hall–Kier alpha value is -1.59. The van der Waals surface area contributed by atoms with Crippen LogP contribution in [0.3, 0.4) is 0 Å². The summed E-state index contributed by atoms with van der Waals surface area (Å²) in [5, 5.41) is 6.39. The van der Waals surface area contributed by atoms with E-state index in [0.717, 1.165) is 25.0 Å². The Kier molecular flexibility index (Phi) is 4.39. The van der Waals surface area contributed by atoms with Gasteiger partial charge in [0.15, 0.2) is 0 Å². The zero-order valence-electron chi connectivity index (χ0n) is 12.3. The highest BCUT2D eigenvalue weighted by Gasteiger charge is 2.28. The van der Waals surface area contributed by atoms with Gasteiger partial charge < -0.3 is 15.5 Å². The van der Waals surface area contributed by atoms with Crippen LogP contribution in [0.1, 0.15) is 33.6 Å². The summed E-state index contributed by atoms with van der Waals surface area (Å²) in [7, 11) is 1.83. The van der Waals surface area contributed by atoms with Crippen LogP contribution in [0.25, 0.3) is 0 Å². The van der Waals surface area contributed by atoms with Gasteiger partial charge >= 0.3 is 0 Å². The van der Waals surface area contributed by atoms with Gasteiger partial charge in [0, 0.05) is 26.2 Å². The van der Waals surface area contributed by atoms with Crippen LogP contribution in [0.2, 0.25) is 0 Å². The molecule has 6 nitrogen and oxygen atoms in total.